The summed E-state index contributed by atoms with van der Waals surface area (Å²) in [5.41, 5.74) is 1.21. The molecular formula is C17H25BrFN. The summed E-state index contributed by atoms with van der Waals surface area (Å²) in [6.07, 6.45) is 9.34. The molecule has 1 aromatic rings. The first-order valence-corrected chi connectivity index (χ1v) is 8.70. The SMILES string of the molecule is CCNC(c1ccc(F)c(Br)c1)C1CCCCCCC1. The second-order valence-corrected chi connectivity index (χ2v) is 6.67. The second-order valence-electron chi connectivity index (χ2n) is 5.81. The lowest BCUT2D eigenvalue weighted by Crippen LogP contribution is -2.29. The molecule has 1 nitrogen and oxygen atoms in total. The quantitative estimate of drug-likeness (QED) is 0.751. The van der Waals surface area contributed by atoms with E-state index < -0.39 is 0 Å². The van der Waals surface area contributed by atoms with Gasteiger partial charge in [0, 0.05) is 6.04 Å². The summed E-state index contributed by atoms with van der Waals surface area (Å²) in [7, 11) is 0. The van der Waals surface area contributed by atoms with Crippen LogP contribution < -0.4 is 5.32 Å². The van der Waals surface area contributed by atoms with Gasteiger partial charge in [0.1, 0.15) is 5.82 Å². The highest BCUT2D eigenvalue weighted by Crippen LogP contribution is 2.34. The molecule has 1 saturated carbocycles. The van der Waals surface area contributed by atoms with Crippen LogP contribution in [-0.4, -0.2) is 6.54 Å². The number of nitrogens with one attached hydrogen (secondary N) is 1. The van der Waals surface area contributed by atoms with Gasteiger partial charge in [-0.3, -0.25) is 0 Å². The van der Waals surface area contributed by atoms with Gasteiger partial charge in [-0.25, -0.2) is 4.39 Å². The Kier molecular flexibility index (Phi) is 6.50. The van der Waals surface area contributed by atoms with Crippen molar-refractivity contribution in [3.63, 3.8) is 0 Å². The molecule has 0 spiro atoms. The van der Waals surface area contributed by atoms with Crippen LogP contribution in [0.25, 0.3) is 0 Å². The van der Waals surface area contributed by atoms with Crippen molar-refractivity contribution in [2.75, 3.05) is 6.54 Å². The van der Waals surface area contributed by atoms with Crippen molar-refractivity contribution in [3.8, 4) is 0 Å². The molecular weight excluding hydrogens is 317 g/mol. The van der Waals surface area contributed by atoms with Gasteiger partial charge in [-0.1, -0.05) is 45.1 Å². The molecule has 1 fully saturated rings. The zero-order valence-electron chi connectivity index (χ0n) is 12.3. The summed E-state index contributed by atoms with van der Waals surface area (Å²) in [6, 6.07) is 5.82. The van der Waals surface area contributed by atoms with Crippen molar-refractivity contribution >= 4 is 15.9 Å². The van der Waals surface area contributed by atoms with E-state index in [1.54, 1.807) is 6.07 Å². The van der Waals surface area contributed by atoms with E-state index in [1.165, 1.54) is 50.5 Å². The van der Waals surface area contributed by atoms with Crippen LogP contribution in [0.15, 0.2) is 22.7 Å². The number of halogens is 2. The number of rotatable bonds is 4. The maximum Gasteiger partial charge on any atom is 0.137 e. The average molecular weight is 342 g/mol. The van der Waals surface area contributed by atoms with Gasteiger partial charge >= 0.3 is 0 Å². The standard InChI is InChI=1S/C17H25BrFN/c1-2-20-17(13-8-6-4-3-5-7-9-13)14-10-11-16(19)15(18)12-14/h10-13,17,20H,2-9H2,1H3. The zero-order chi connectivity index (χ0) is 14.4. The first-order chi connectivity index (χ1) is 9.72. The van der Waals surface area contributed by atoms with Gasteiger partial charge in [-0.2, -0.15) is 0 Å². The van der Waals surface area contributed by atoms with E-state index >= 15 is 0 Å². The number of hydrogen-bond donors (Lipinski definition) is 1. The van der Waals surface area contributed by atoms with Gasteiger partial charge < -0.3 is 5.32 Å². The third-order valence-corrected chi connectivity index (χ3v) is 4.96. The molecule has 1 aliphatic carbocycles. The molecule has 0 aromatic heterocycles. The third-order valence-electron chi connectivity index (χ3n) is 4.35. The van der Waals surface area contributed by atoms with Crippen LogP contribution in [0.3, 0.4) is 0 Å². The summed E-state index contributed by atoms with van der Waals surface area (Å²) in [6.45, 7) is 3.10. The lowest BCUT2D eigenvalue weighted by Gasteiger charge is -2.30. The van der Waals surface area contributed by atoms with E-state index in [4.69, 9.17) is 0 Å². The van der Waals surface area contributed by atoms with Gasteiger partial charge in [0.25, 0.3) is 0 Å². The first kappa shape index (κ1) is 16.0. The average Bonchev–Trinajstić information content (AvgIpc) is 2.40. The van der Waals surface area contributed by atoms with Crippen LogP contribution >= 0.6 is 15.9 Å². The van der Waals surface area contributed by atoms with Gasteiger partial charge in [-0.05, 0) is 58.9 Å². The lowest BCUT2D eigenvalue weighted by molar-refractivity contribution is 0.291. The molecule has 0 bridgehead atoms. The predicted octanol–water partition coefficient (Wildman–Crippen LogP) is 5.60. The molecule has 0 radical (unpaired) electrons. The van der Waals surface area contributed by atoms with Crippen LogP contribution in [0.4, 0.5) is 4.39 Å². The normalized spacial score (nSPS) is 19.4. The molecule has 2 rings (SSSR count). The molecule has 1 aliphatic rings. The molecule has 112 valence electrons. The molecule has 0 heterocycles. The highest BCUT2D eigenvalue weighted by Gasteiger charge is 2.23. The highest BCUT2D eigenvalue weighted by atomic mass is 79.9. The van der Waals surface area contributed by atoms with Gasteiger partial charge in [0.05, 0.1) is 4.47 Å². The predicted molar refractivity (Wildman–Crippen MR) is 86.3 cm³/mol. The second kappa shape index (κ2) is 8.14. The molecule has 3 heteroatoms. The van der Waals surface area contributed by atoms with Crippen LogP contribution in [0.5, 0.6) is 0 Å². The summed E-state index contributed by atoms with van der Waals surface area (Å²) >= 11 is 3.31. The topological polar surface area (TPSA) is 12.0 Å². The Bertz CT molecular complexity index is 413. The fourth-order valence-electron chi connectivity index (χ4n) is 3.30. The number of hydrogen-bond acceptors (Lipinski definition) is 1. The van der Waals surface area contributed by atoms with E-state index in [2.05, 4.69) is 28.2 Å². The minimum Gasteiger partial charge on any atom is -0.310 e. The molecule has 0 saturated heterocycles. The summed E-state index contributed by atoms with van der Waals surface area (Å²) in [5.74, 6) is 0.495. The largest absolute Gasteiger partial charge is 0.310 e. The van der Waals surface area contributed by atoms with Gasteiger partial charge in [0.15, 0.2) is 0 Å². The van der Waals surface area contributed by atoms with Crippen LogP contribution in [0.2, 0.25) is 0 Å². The molecule has 0 aliphatic heterocycles. The zero-order valence-corrected chi connectivity index (χ0v) is 13.9. The van der Waals surface area contributed by atoms with E-state index in [0.29, 0.717) is 16.4 Å². The highest BCUT2D eigenvalue weighted by molar-refractivity contribution is 9.10. The third kappa shape index (κ3) is 4.29. The van der Waals surface area contributed by atoms with Crippen LogP contribution in [0.1, 0.15) is 63.5 Å². The Labute approximate surface area is 130 Å². The molecule has 1 unspecified atom stereocenters. The van der Waals surface area contributed by atoms with E-state index in [9.17, 15) is 4.39 Å². The fraction of sp³-hybridized carbons (Fsp3) is 0.647. The Morgan fingerprint density at radius 1 is 1.20 bits per heavy atom. The molecule has 1 N–H and O–H groups in total. The van der Waals surface area contributed by atoms with Crippen molar-refractivity contribution in [2.24, 2.45) is 5.92 Å². The summed E-state index contributed by atoms with van der Waals surface area (Å²) in [5, 5.41) is 3.62. The van der Waals surface area contributed by atoms with Crippen molar-refractivity contribution < 1.29 is 4.39 Å². The van der Waals surface area contributed by atoms with Crippen LogP contribution in [-0.2, 0) is 0 Å². The lowest BCUT2D eigenvalue weighted by atomic mass is 9.83. The Morgan fingerprint density at radius 2 is 1.85 bits per heavy atom. The van der Waals surface area contributed by atoms with Crippen molar-refractivity contribution in [1.29, 1.82) is 0 Å². The molecule has 1 aromatic carbocycles. The molecule has 0 amide bonds. The molecule has 20 heavy (non-hydrogen) atoms. The van der Waals surface area contributed by atoms with E-state index in [-0.39, 0.29) is 5.82 Å². The maximum absolute atomic E-state index is 13.4. The Balaban J connectivity index is 2.17. The Hall–Kier alpha value is -0.410. The van der Waals surface area contributed by atoms with E-state index in [0.717, 1.165) is 6.54 Å². The fourth-order valence-corrected chi connectivity index (χ4v) is 3.70. The van der Waals surface area contributed by atoms with Gasteiger partial charge in [0.2, 0.25) is 0 Å². The monoisotopic (exact) mass is 341 g/mol. The van der Waals surface area contributed by atoms with Crippen LogP contribution in [0, 0.1) is 11.7 Å². The van der Waals surface area contributed by atoms with E-state index in [1.807, 2.05) is 12.1 Å². The van der Waals surface area contributed by atoms with Crippen molar-refractivity contribution in [3.05, 3.63) is 34.1 Å². The Morgan fingerprint density at radius 3 is 2.45 bits per heavy atom. The summed E-state index contributed by atoms with van der Waals surface area (Å²) in [4.78, 5) is 0. The smallest absolute Gasteiger partial charge is 0.137 e. The van der Waals surface area contributed by atoms with Crippen molar-refractivity contribution in [2.45, 2.75) is 57.9 Å². The van der Waals surface area contributed by atoms with Crippen molar-refractivity contribution in [1.82, 2.24) is 5.32 Å². The first-order valence-electron chi connectivity index (χ1n) is 7.90. The van der Waals surface area contributed by atoms with Gasteiger partial charge in [-0.15, -0.1) is 0 Å². The minimum absolute atomic E-state index is 0.179. The minimum atomic E-state index is -0.179. The summed E-state index contributed by atoms with van der Waals surface area (Å²) < 4.78 is 14.0. The number of benzene rings is 1. The molecule has 1 atom stereocenters. The maximum atomic E-state index is 13.4.